The Kier molecular flexibility index (Phi) is 2.76. The van der Waals surface area contributed by atoms with Crippen molar-refractivity contribution in [2.75, 3.05) is 0 Å². The molecule has 0 saturated heterocycles. The second-order valence-electron chi connectivity index (χ2n) is 4.35. The third-order valence-corrected chi connectivity index (χ3v) is 3.40. The normalized spacial score (nSPS) is 28.0. The van der Waals surface area contributed by atoms with E-state index in [0.717, 1.165) is 5.92 Å². The van der Waals surface area contributed by atoms with Gasteiger partial charge >= 0.3 is 0 Å². The van der Waals surface area contributed by atoms with Gasteiger partial charge in [0.05, 0.1) is 0 Å². The van der Waals surface area contributed by atoms with Crippen LogP contribution in [0.5, 0.6) is 0 Å². The second kappa shape index (κ2) is 3.47. The van der Waals surface area contributed by atoms with Gasteiger partial charge in [0.1, 0.15) is 0 Å². The Labute approximate surface area is 76.4 Å². The molecule has 0 N–H and O–H groups in total. The monoisotopic (exact) mass is 164 g/mol. The van der Waals surface area contributed by atoms with Gasteiger partial charge in [-0.15, -0.1) is 0 Å². The summed E-state index contributed by atoms with van der Waals surface area (Å²) in [6.07, 6.45) is 9.34. The minimum atomic E-state index is 0.430. The Hall–Kier alpha value is -0.520. The molecule has 0 aromatic heterocycles. The van der Waals surface area contributed by atoms with Gasteiger partial charge in [-0.2, -0.15) is 0 Å². The van der Waals surface area contributed by atoms with Crippen LogP contribution in [-0.4, -0.2) is 0 Å². The van der Waals surface area contributed by atoms with Gasteiger partial charge in [-0.25, -0.2) is 0 Å². The summed E-state index contributed by atoms with van der Waals surface area (Å²) in [7, 11) is 0. The van der Waals surface area contributed by atoms with Gasteiger partial charge in [-0.3, -0.25) is 0 Å². The molecule has 1 aliphatic carbocycles. The van der Waals surface area contributed by atoms with Crippen molar-refractivity contribution in [2.24, 2.45) is 11.3 Å². The first kappa shape index (κ1) is 9.57. The Morgan fingerprint density at radius 3 is 2.67 bits per heavy atom. The maximum absolute atomic E-state index is 2.40. The Morgan fingerprint density at radius 2 is 2.25 bits per heavy atom. The zero-order chi connectivity index (χ0) is 9.19. The summed E-state index contributed by atoms with van der Waals surface area (Å²) in [4.78, 5) is 0. The highest BCUT2D eigenvalue weighted by atomic mass is 14.4. The van der Waals surface area contributed by atoms with Crippen molar-refractivity contribution < 1.29 is 0 Å². The highest BCUT2D eigenvalue weighted by molar-refractivity contribution is 5.18. The molecule has 1 aliphatic rings. The number of rotatable bonds is 2. The molecule has 0 aliphatic heterocycles. The fraction of sp³-hybridized carbons (Fsp3) is 0.667. The third-order valence-electron chi connectivity index (χ3n) is 3.40. The van der Waals surface area contributed by atoms with E-state index in [2.05, 4.69) is 45.9 Å². The maximum atomic E-state index is 2.40. The number of hydrogen-bond acceptors (Lipinski definition) is 0. The van der Waals surface area contributed by atoms with Gasteiger partial charge in [0.15, 0.2) is 0 Å². The van der Waals surface area contributed by atoms with Gasteiger partial charge < -0.3 is 0 Å². The average Bonchev–Trinajstić information content (AvgIpc) is 2.25. The van der Waals surface area contributed by atoms with E-state index in [1.807, 2.05) is 0 Å². The Bertz CT molecular complexity index is 206. The first-order chi connectivity index (χ1) is 5.59. The summed E-state index contributed by atoms with van der Waals surface area (Å²) < 4.78 is 0. The molecule has 0 nitrogen and oxygen atoms in total. The SMILES string of the molecule is CC=CCC1CC=C(C)C1(C)C. The van der Waals surface area contributed by atoms with Crippen molar-refractivity contribution in [3.05, 3.63) is 23.8 Å². The molecule has 0 radical (unpaired) electrons. The van der Waals surface area contributed by atoms with E-state index in [-0.39, 0.29) is 0 Å². The van der Waals surface area contributed by atoms with Crippen molar-refractivity contribution in [3.8, 4) is 0 Å². The summed E-state index contributed by atoms with van der Waals surface area (Å²) in [5, 5.41) is 0. The smallest absolute Gasteiger partial charge is 0.0113 e. The van der Waals surface area contributed by atoms with Crippen molar-refractivity contribution in [3.63, 3.8) is 0 Å². The van der Waals surface area contributed by atoms with Crippen molar-refractivity contribution in [2.45, 2.75) is 40.5 Å². The number of hydrogen-bond donors (Lipinski definition) is 0. The molecule has 12 heavy (non-hydrogen) atoms. The van der Waals surface area contributed by atoms with Crippen LogP contribution in [0.3, 0.4) is 0 Å². The van der Waals surface area contributed by atoms with E-state index >= 15 is 0 Å². The second-order valence-corrected chi connectivity index (χ2v) is 4.35. The van der Waals surface area contributed by atoms with Crippen LogP contribution in [0, 0.1) is 11.3 Å². The van der Waals surface area contributed by atoms with Crippen LogP contribution >= 0.6 is 0 Å². The molecule has 0 aromatic carbocycles. The van der Waals surface area contributed by atoms with Crippen LogP contribution in [-0.2, 0) is 0 Å². The molecular formula is C12H20. The zero-order valence-corrected chi connectivity index (χ0v) is 8.72. The van der Waals surface area contributed by atoms with Crippen LogP contribution < -0.4 is 0 Å². The maximum Gasteiger partial charge on any atom is -0.0113 e. The summed E-state index contributed by atoms with van der Waals surface area (Å²) in [6.45, 7) is 9.08. The lowest BCUT2D eigenvalue weighted by Crippen LogP contribution is -2.19. The largest absolute Gasteiger partial charge is 0.0917 e. The summed E-state index contributed by atoms with van der Waals surface area (Å²) in [5.41, 5.74) is 2.00. The lowest BCUT2D eigenvalue weighted by Gasteiger charge is -2.28. The average molecular weight is 164 g/mol. The van der Waals surface area contributed by atoms with Crippen molar-refractivity contribution >= 4 is 0 Å². The minimum Gasteiger partial charge on any atom is -0.0917 e. The summed E-state index contributed by atoms with van der Waals surface area (Å²) in [6, 6.07) is 0. The van der Waals surface area contributed by atoms with E-state index < -0.39 is 0 Å². The highest BCUT2D eigenvalue weighted by Crippen LogP contribution is 2.44. The third kappa shape index (κ3) is 1.63. The van der Waals surface area contributed by atoms with E-state index in [4.69, 9.17) is 0 Å². The predicted octanol–water partition coefficient (Wildman–Crippen LogP) is 3.95. The lowest BCUT2D eigenvalue weighted by molar-refractivity contribution is 0.295. The minimum absolute atomic E-state index is 0.430. The number of allylic oxidation sites excluding steroid dienone is 4. The topological polar surface area (TPSA) is 0 Å². The van der Waals surface area contributed by atoms with Gasteiger partial charge in [0, 0.05) is 0 Å². The van der Waals surface area contributed by atoms with Crippen molar-refractivity contribution in [1.82, 2.24) is 0 Å². The lowest BCUT2D eigenvalue weighted by atomic mass is 9.76. The summed E-state index contributed by atoms with van der Waals surface area (Å²) in [5.74, 6) is 0.827. The molecular weight excluding hydrogens is 144 g/mol. The molecule has 0 heterocycles. The molecule has 1 rings (SSSR count). The highest BCUT2D eigenvalue weighted by Gasteiger charge is 2.33. The molecule has 0 heteroatoms. The molecule has 0 aromatic rings. The first-order valence-electron chi connectivity index (χ1n) is 4.87. The van der Waals surface area contributed by atoms with Gasteiger partial charge in [0.2, 0.25) is 0 Å². The molecule has 0 bridgehead atoms. The van der Waals surface area contributed by atoms with Crippen molar-refractivity contribution in [1.29, 1.82) is 0 Å². The van der Waals surface area contributed by atoms with Crippen LogP contribution in [0.25, 0.3) is 0 Å². The van der Waals surface area contributed by atoms with Gasteiger partial charge in [-0.1, -0.05) is 37.6 Å². The van der Waals surface area contributed by atoms with E-state index in [0.29, 0.717) is 5.41 Å². The molecule has 0 saturated carbocycles. The quantitative estimate of drug-likeness (QED) is 0.542. The van der Waals surface area contributed by atoms with E-state index in [1.165, 1.54) is 12.8 Å². The molecule has 0 fully saturated rings. The van der Waals surface area contributed by atoms with Crippen LogP contribution in [0.2, 0.25) is 0 Å². The molecule has 68 valence electrons. The molecule has 1 unspecified atom stereocenters. The van der Waals surface area contributed by atoms with Crippen LogP contribution in [0.4, 0.5) is 0 Å². The van der Waals surface area contributed by atoms with Crippen LogP contribution in [0.15, 0.2) is 23.8 Å². The Morgan fingerprint density at radius 1 is 1.58 bits per heavy atom. The fourth-order valence-electron chi connectivity index (χ4n) is 1.89. The van der Waals surface area contributed by atoms with Crippen LogP contribution in [0.1, 0.15) is 40.5 Å². The van der Waals surface area contributed by atoms with Gasteiger partial charge in [-0.05, 0) is 38.0 Å². The van der Waals surface area contributed by atoms with E-state index in [9.17, 15) is 0 Å². The van der Waals surface area contributed by atoms with Gasteiger partial charge in [0.25, 0.3) is 0 Å². The predicted molar refractivity (Wildman–Crippen MR) is 55.1 cm³/mol. The summed E-state index contributed by atoms with van der Waals surface area (Å²) >= 11 is 0. The zero-order valence-electron chi connectivity index (χ0n) is 8.72. The molecule has 1 atom stereocenters. The first-order valence-corrected chi connectivity index (χ1v) is 4.87. The van der Waals surface area contributed by atoms with E-state index in [1.54, 1.807) is 5.57 Å². The molecule has 0 amide bonds. The fourth-order valence-corrected chi connectivity index (χ4v) is 1.89. The Balaban J connectivity index is 2.61. The standard InChI is InChI=1S/C12H20/c1-5-6-7-11-9-8-10(2)12(11,3)4/h5-6,8,11H,7,9H2,1-4H3. The molecule has 0 spiro atoms.